The van der Waals surface area contributed by atoms with Crippen molar-refractivity contribution >= 4 is 8.32 Å². The normalized spacial score (nSPS) is 24.9. The fraction of sp³-hybridized carbons (Fsp3) is 1.00. The first-order chi connectivity index (χ1) is 9.31. The average molecular weight is 304 g/mol. The first-order valence-electron chi connectivity index (χ1n) is 7.90. The summed E-state index contributed by atoms with van der Waals surface area (Å²) < 4.78 is 12.4. The lowest BCUT2D eigenvalue weighted by Gasteiger charge is -2.45. The second kappa shape index (κ2) is 7.36. The average Bonchev–Trinajstić information content (AvgIpc) is 2.39. The summed E-state index contributed by atoms with van der Waals surface area (Å²) in [6.07, 6.45) is 0. The molecule has 5 heteroatoms. The second-order valence-electron chi connectivity index (χ2n) is 6.97. The zero-order valence-corrected chi connectivity index (χ0v) is 15.0. The van der Waals surface area contributed by atoms with Gasteiger partial charge in [-0.1, -0.05) is 41.5 Å². The molecular formula is C15H33NO3Si. The van der Waals surface area contributed by atoms with Gasteiger partial charge in [-0.3, -0.25) is 0 Å². The van der Waals surface area contributed by atoms with Crippen LogP contribution in [-0.4, -0.2) is 51.9 Å². The van der Waals surface area contributed by atoms with Crippen molar-refractivity contribution < 1.29 is 14.3 Å². The van der Waals surface area contributed by atoms with Crippen LogP contribution in [0.4, 0.5) is 0 Å². The van der Waals surface area contributed by atoms with E-state index in [9.17, 15) is 5.11 Å². The van der Waals surface area contributed by atoms with Gasteiger partial charge in [-0.25, -0.2) is 0 Å². The topological polar surface area (TPSA) is 50.7 Å². The van der Waals surface area contributed by atoms with E-state index in [4.69, 9.17) is 9.16 Å². The van der Waals surface area contributed by atoms with Gasteiger partial charge >= 0.3 is 0 Å². The number of aliphatic hydroxyl groups is 1. The quantitative estimate of drug-likeness (QED) is 0.710. The third kappa shape index (κ3) is 3.63. The monoisotopic (exact) mass is 303 g/mol. The number of hydrogen-bond acceptors (Lipinski definition) is 4. The van der Waals surface area contributed by atoms with Crippen LogP contribution in [0.1, 0.15) is 41.5 Å². The molecule has 1 aliphatic heterocycles. The highest BCUT2D eigenvalue weighted by molar-refractivity contribution is 6.77. The van der Waals surface area contributed by atoms with Crippen LogP contribution in [0.25, 0.3) is 0 Å². The smallest absolute Gasteiger partial charge is 0.200 e. The summed E-state index contributed by atoms with van der Waals surface area (Å²) in [7, 11) is -1.89. The van der Waals surface area contributed by atoms with Crippen molar-refractivity contribution in [2.24, 2.45) is 0 Å². The zero-order valence-electron chi connectivity index (χ0n) is 14.0. The molecule has 0 bridgehead atoms. The van der Waals surface area contributed by atoms with E-state index in [1.807, 2.05) is 0 Å². The maximum Gasteiger partial charge on any atom is 0.200 e. The number of ether oxygens (including phenoxy) is 1. The molecule has 1 rings (SSSR count). The van der Waals surface area contributed by atoms with Gasteiger partial charge in [-0.05, 0) is 16.6 Å². The van der Waals surface area contributed by atoms with Crippen LogP contribution < -0.4 is 5.32 Å². The summed E-state index contributed by atoms with van der Waals surface area (Å²) in [5.41, 5.74) is 1.09. The number of hydrogen-bond donors (Lipinski definition) is 2. The van der Waals surface area contributed by atoms with E-state index in [0.29, 0.717) is 36.4 Å². The fourth-order valence-electron chi connectivity index (χ4n) is 3.70. The highest BCUT2D eigenvalue weighted by atomic mass is 28.4. The minimum absolute atomic E-state index is 0.0127. The van der Waals surface area contributed by atoms with E-state index in [2.05, 4.69) is 46.9 Å². The van der Waals surface area contributed by atoms with Crippen molar-refractivity contribution in [3.63, 3.8) is 0 Å². The largest absolute Gasteiger partial charge is 0.413 e. The van der Waals surface area contributed by atoms with Gasteiger partial charge in [0.25, 0.3) is 0 Å². The number of morpholine rings is 1. The SMILES string of the molecule is CC(C)[Si](OCC1(CO)CNCCO1)(C(C)C)C(C)C. The summed E-state index contributed by atoms with van der Waals surface area (Å²) in [5.74, 6) is 0. The predicted octanol–water partition coefficient (Wildman–Crippen LogP) is 2.53. The molecule has 1 aliphatic rings. The molecule has 120 valence electrons. The van der Waals surface area contributed by atoms with E-state index < -0.39 is 13.9 Å². The summed E-state index contributed by atoms with van der Waals surface area (Å²) in [6, 6.07) is 0. The van der Waals surface area contributed by atoms with Crippen LogP contribution in [0.5, 0.6) is 0 Å². The Balaban J connectivity index is 2.84. The molecule has 0 radical (unpaired) electrons. The van der Waals surface area contributed by atoms with E-state index in [1.54, 1.807) is 0 Å². The molecule has 0 aromatic carbocycles. The Hall–Kier alpha value is 0.0569. The van der Waals surface area contributed by atoms with Crippen molar-refractivity contribution in [3.05, 3.63) is 0 Å². The van der Waals surface area contributed by atoms with Crippen molar-refractivity contribution in [1.29, 1.82) is 0 Å². The number of nitrogens with one attached hydrogen (secondary N) is 1. The Morgan fingerprint density at radius 3 is 2.05 bits per heavy atom. The van der Waals surface area contributed by atoms with Crippen molar-refractivity contribution in [2.75, 3.05) is 32.9 Å². The van der Waals surface area contributed by atoms with Crippen LogP contribution in [0.2, 0.25) is 16.6 Å². The molecule has 4 nitrogen and oxygen atoms in total. The summed E-state index contributed by atoms with van der Waals surface area (Å²) in [5, 5.41) is 13.0. The van der Waals surface area contributed by atoms with Gasteiger partial charge in [0.1, 0.15) is 5.60 Å². The molecule has 20 heavy (non-hydrogen) atoms. The number of aliphatic hydroxyl groups excluding tert-OH is 1. The van der Waals surface area contributed by atoms with Gasteiger partial charge in [0.2, 0.25) is 0 Å². The summed E-state index contributed by atoms with van der Waals surface area (Å²) in [6.45, 7) is 16.3. The molecule has 0 amide bonds. The second-order valence-corrected chi connectivity index (χ2v) is 12.4. The molecule has 1 unspecified atom stereocenters. The lowest BCUT2D eigenvalue weighted by molar-refractivity contribution is -0.119. The van der Waals surface area contributed by atoms with Crippen LogP contribution in [0, 0.1) is 0 Å². The first-order valence-corrected chi connectivity index (χ1v) is 10.0. The van der Waals surface area contributed by atoms with E-state index >= 15 is 0 Å². The van der Waals surface area contributed by atoms with Gasteiger partial charge in [0.05, 0.1) is 19.8 Å². The van der Waals surface area contributed by atoms with Crippen LogP contribution in [-0.2, 0) is 9.16 Å². The Labute approximate surface area is 125 Å². The van der Waals surface area contributed by atoms with Gasteiger partial charge < -0.3 is 19.6 Å². The molecule has 0 saturated carbocycles. The van der Waals surface area contributed by atoms with Crippen molar-refractivity contribution in [2.45, 2.75) is 63.8 Å². The Kier molecular flexibility index (Phi) is 6.66. The zero-order chi connectivity index (χ0) is 15.4. The number of rotatable bonds is 7. The third-order valence-corrected chi connectivity index (χ3v) is 10.8. The Morgan fingerprint density at radius 1 is 1.15 bits per heavy atom. The molecule has 1 fully saturated rings. The van der Waals surface area contributed by atoms with E-state index in [0.717, 1.165) is 6.54 Å². The molecular weight excluding hydrogens is 270 g/mol. The van der Waals surface area contributed by atoms with Gasteiger partial charge in [-0.2, -0.15) is 0 Å². The van der Waals surface area contributed by atoms with Gasteiger partial charge in [0.15, 0.2) is 8.32 Å². The Morgan fingerprint density at radius 2 is 1.70 bits per heavy atom. The van der Waals surface area contributed by atoms with Gasteiger partial charge in [-0.15, -0.1) is 0 Å². The van der Waals surface area contributed by atoms with Crippen LogP contribution in [0.3, 0.4) is 0 Å². The van der Waals surface area contributed by atoms with Crippen molar-refractivity contribution in [3.8, 4) is 0 Å². The third-order valence-electron chi connectivity index (χ3n) is 4.71. The van der Waals surface area contributed by atoms with E-state index in [1.165, 1.54) is 0 Å². The lowest BCUT2D eigenvalue weighted by atomic mass is 10.1. The maximum atomic E-state index is 9.72. The molecule has 0 aliphatic carbocycles. The van der Waals surface area contributed by atoms with Gasteiger partial charge in [0, 0.05) is 13.1 Å². The van der Waals surface area contributed by atoms with Crippen molar-refractivity contribution in [1.82, 2.24) is 5.32 Å². The molecule has 0 aromatic rings. The molecule has 1 saturated heterocycles. The predicted molar refractivity (Wildman–Crippen MR) is 85.6 cm³/mol. The molecule has 0 spiro atoms. The van der Waals surface area contributed by atoms with Crippen LogP contribution >= 0.6 is 0 Å². The summed E-state index contributed by atoms with van der Waals surface area (Å²) in [4.78, 5) is 0. The lowest BCUT2D eigenvalue weighted by Crippen LogP contribution is -2.58. The molecule has 1 atom stereocenters. The minimum Gasteiger partial charge on any atom is -0.413 e. The summed E-state index contributed by atoms with van der Waals surface area (Å²) >= 11 is 0. The molecule has 1 heterocycles. The Bertz CT molecular complexity index is 267. The molecule has 2 N–H and O–H groups in total. The minimum atomic E-state index is -1.89. The van der Waals surface area contributed by atoms with Crippen LogP contribution in [0.15, 0.2) is 0 Å². The first kappa shape index (κ1) is 18.1. The fourth-order valence-corrected chi connectivity index (χ4v) is 9.22. The van der Waals surface area contributed by atoms with E-state index in [-0.39, 0.29) is 6.61 Å². The standard InChI is InChI=1S/C15H33NO3Si/c1-12(2)20(13(3)4,14(5)6)19-11-15(10-17)9-16-7-8-18-15/h12-14,16-17H,7-11H2,1-6H3. The maximum absolute atomic E-state index is 9.72. The molecule has 0 aromatic heterocycles. The highest BCUT2D eigenvalue weighted by Gasteiger charge is 2.47. The highest BCUT2D eigenvalue weighted by Crippen LogP contribution is 2.42.